The minimum atomic E-state index is -0.555. The summed E-state index contributed by atoms with van der Waals surface area (Å²) in [7, 11) is 0. The average molecular weight is 572 g/mol. The number of carbonyl (C=O) groups excluding carboxylic acids is 2. The van der Waals surface area contributed by atoms with Crippen molar-refractivity contribution in [2.24, 2.45) is 5.73 Å². The third kappa shape index (κ3) is 6.85. The molecule has 1 unspecified atom stereocenters. The van der Waals surface area contributed by atoms with Gasteiger partial charge in [-0.2, -0.15) is 0 Å². The van der Waals surface area contributed by atoms with E-state index in [1.54, 1.807) is 54.6 Å². The van der Waals surface area contributed by atoms with Gasteiger partial charge in [0.25, 0.3) is 5.91 Å². The molecule has 0 bridgehead atoms. The topological polar surface area (TPSA) is 108 Å². The van der Waals surface area contributed by atoms with Crippen LogP contribution in [0.5, 0.6) is 0 Å². The first-order valence-corrected chi connectivity index (χ1v) is 13.3. The zero-order chi connectivity index (χ0) is 28.6. The van der Waals surface area contributed by atoms with Gasteiger partial charge in [-0.1, -0.05) is 90.5 Å². The van der Waals surface area contributed by atoms with Gasteiger partial charge in [0.05, 0.1) is 16.0 Å². The smallest absolute Gasteiger partial charge is 0.256 e. The fraction of sp³-hybridized carbons (Fsp3) is 0.0938. The van der Waals surface area contributed by atoms with Gasteiger partial charge in [-0.05, 0) is 71.6 Å². The Morgan fingerprint density at radius 1 is 0.900 bits per heavy atom. The molecule has 2 amide bonds. The van der Waals surface area contributed by atoms with Gasteiger partial charge in [0.15, 0.2) is 0 Å². The number of amides is 2. The van der Waals surface area contributed by atoms with Gasteiger partial charge >= 0.3 is 0 Å². The number of nitrogens with one attached hydrogen (secondary N) is 3. The summed E-state index contributed by atoms with van der Waals surface area (Å²) in [5, 5.41) is 14.9. The summed E-state index contributed by atoms with van der Waals surface area (Å²) in [5.74, 6) is -1.38. The number of carbonyl (C=O) groups is 2. The maximum Gasteiger partial charge on any atom is 0.256 e. The first-order valence-electron chi connectivity index (χ1n) is 12.6. The van der Waals surface area contributed by atoms with E-state index in [-0.39, 0.29) is 11.7 Å². The SMILES string of the molecule is C=Cc1ccc(NC(=O)C(CCN)c2ccc(Cl)c(Cl)c2)cc1C(=N)NC(=O)c1ccc(-c2ccccc2)cc1. The summed E-state index contributed by atoms with van der Waals surface area (Å²) in [5.41, 5.74) is 10.4. The lowest BCUT2D eigenvalue weighted by molar-refractivity contribution is -0.117. The fourth-order valence-electron chi connectivity index (χ4n) is 4.30. The molecule has 1 atom stereocenters. The molecule has 4 rings (SSSR count). The summed E-state index contributed by atoms with van der Waals surface area (Å²) in [4.78, 5) is 26.2. The van der Waals surface area contributed by atoms with Gasteiger partial charge in [0.1, 0.15) is 5.84 Å². The first-order chi connectivity index (χ1) is 19.3. The van der Waals surface area contributed by atoms with Crippen molar-refractivity contribution < 1.29 is 9.59 Å². The standard InChI is InChI=1S/C32H28Cl2N4O2/c1-2-20-12-14-25(37-32(40)26(16-17-35)24-13-15-28(33)29(34)18-24)19-27(20)30(36)38-31(39)23-10-8-22(9-11-23)21-6-4-3-5-7-21/h2-15,18-19,26H,1,16-17,35H2,(H,37,40)(H2,36,38,39). The quantitative estimate of drug-likeness (QED) is 0.127. The molecule has 6 nitrogen and oxygen atoms in total. The zero-order valence-corrected chi connectivity index (χ0v) is 23.1. The lowest BCUT2D eigenvalue weighted by Gasteiger charge is -2.18. The van der Waals surface area contributed by atoms with E-state index in [4.69, 9.17) is 34.3 Å². The molecular formula is C32H28Cl2N4O2. The fourth-order valence-corrected chi connectivity index (χ4v) is 4.61. The number of halogens is 2. The van der Waals surface area contributed by atoms with Crippen LogP contribution in [0.25, 0.3) is 17.2 Å². The Kier molecular flexibility index (Phi) is 9.51. The average Bonchev–Trinajstić information content (AvgIpc) is 2.97. The second kappa shape index (κ2) is 13.2. The van der Waals surface area contributed by atoms with Crippen LogP contribution in [0, 0.1) is 5.41 Å². The molecule has 0 saturated carbocycles. The highest BCUT2D eigenvalue weighted by Gasteiger charge is 2.22. The Balaban J connectivity index is 1.50. The molecule has 4 aromatic carbocycles. The van der Waals surface area contributed by atoms with E-state index in [0.29, 0.717) is 51.0 Å². The highest BCUT2D eigenvalue weighted by Crippen LogP contribution is 2.29. The van der Waals surface area contributed by atoms with E-state index in [1.807, 2.05) is 42.5 Å². The van der Waals surface area contributed by atoms with Gasteiger partial charge in [-0.25, -0.2) is 0 Å². The highest BCUT2D eigenvalue weighted by atomic mass is 35.5. The van der Waals surface area contributed by atoms with Crippen LogP contribution in [0.15, 0.2) is 97.6 Å². The number of hydrogen-bond donors (Lipinski definition) is 4. The Morgan fingerprint density at radius 2 is 1.60 bits per heavy atom. The van der Waals surface area contributed by atoms with Crippen molar-refractivity contribution in [3.8, 4) is 11.1 Å². The molecule has 0 radical (unpaired) electrons. The molecular weight excluding hydrogens is 543 g/mol. The lowest BCUT2D eigenvalue weighted by Crippen LogP contribution is -2.31. The Bertz CT molecular complexity index is 1550. The summed E-state index contributed by atoms with van der Waals surface area (Å²) < 4.78 is 0. The van der Waals surface area contributed by atoms with E-state index in [9.17, 15) is 9.59 Å². The van der Waals surface area contributed by atoms with Crippen LogP contribution < -0.4 is 16.4 Å². The number of benzene rings is 4. The molecule has 0 aromatic heterocycles. The molecule has 0 aliphatic carbocycles. The second-order valence-corrected chi connectivity index (χ2v) is 9.89. The molecule has 8 heteroatoms. The summed E-state index contributed by atoms with van der Waals surface area (Å²) in [6, 6.07) is 27.1. The van der Waals surface area contributed by atoms with Crippen LogP contribution in [0.1, 0.15) is 39.4 Å². The van der Waals surface area contributed by atoms with E-state index in [1.165, 1.54) is 0 Å². The van der Waals surface area contributed by atoms with Crippen LogP contribution >= 0.6 is 23.2 Å². The highest BCUT2D eigenvalue weighted by molar-refractivity contribution is 6.42. The van der Waals surface area contributed by atoms with Crippen molar-refractivity contribution >= 4 is 52.6 Å². The lowest BCUT2D eigenvalue weighted by atomic mass is 9.94. The van der Waals surface area contributed by atoms with E-state index in [0.717, 1.165) is 11.1 Å². The molecule has 0 spiro atoms. The van der Waals surface area contributed by atoms with Crippen LogP contribution in [0.2, 0.25) is 10.0 Å². The van der Waals surface area contributed by atoms with Crippen LogP contribution in [0.4, 0.5) is 5.69 Å². The van der Waals surface area contributed by atoms with E-state index >= 15 is 0 Å². The molecule has 0 heterocycles. The van der Waals surface area contributed by atoms with Crippen molar-refractivity contribution in [1.82, 2.24) is 5.32 Å². The predicted octanol–water partition coefficient (Wildman–Crippen LogP) is 7.13. The zero-order valence-electron chi connectivity index (χ0n) is 21.6. The Hall–Kier alpha value is -4.23. The van der Waals surface area contributed by atoms with Crippen molar-refractivity contribution in [2.75, 3.05) is 11.9 Å². The van der Waals surface area contributed by atoms with Crippen molar-refractivity contribution in [1.29, 1.82) is 5.41 Å². The molecule has 5 N–H and O–H groups in total. The molecule has 0 aliphatic rings. The number of rotatable bonds is 9. The summed E-state index contributed by atoms with van der Waals surface area (Å²) in [6.45, 7) is 4.11. The molecule has 4 aromatic rings. The van der Waals surface area contributed by atoms with E-state index < -0.39 is 11.8 Å². The summed E-state index contributed by atoms with van der Waals surface area (Å²) >= 11 is 12.2. The van der Waals surface area contributed by atoms with Gasteiger partial charge in [0.2, 0.25) is 5.91 Å². The first kappa shape index (κ1) is 28.8. The molecule has 202 valence electrons. The van der Waals surface area contributed by atoms with Gasteiger partial charge in [0, 0.05) is 16.8 Å². The second-order valence-electron chi connectivity index (χ2n) is 9.07. The minimum Gasteiger partial charge on any atom is -0.330 e. The van der Waals surface area contributed by atoms with Crippen LogP contribution in [-0.2, 0) is 4.79 Å². The van der Waals surface area contributed by atoms with Gasteiger partial charge in [-0.15, -0.1) is 0 Å². The Morgan fingerprint density at radius 3 is 2.25 bits per heavy atom. The molecule has 40 heavy (non-hydrogen) atoms. The van der Waals surface area contributed by atoms with Gasteiger partial charge in [-0.3, -0.25) is 15.0 Å². The third-order valence-electron chi connectivity index (χ3n) is 6.42. The predicted molar refractivity (Wildman–Crippen MR) is 164 cm³/mol. The normalized spacial score (nSPS) is 11.4. The van der Waals surface area contributed by atoms with Crippen molar-refractivity contribution in [3.05, 3.63) is 130 Å². The number of hydrogen-bond acceptors (Lipinski definition) is 4. The molecule has 0 aliphatic heterocycles. The Labute approximate surface area is 243 Å². The number of nitrogens with two attached hydrogens (primary N) is 1. The number of anilines is 1. The van der Waals surface area contributed by atoms with Crippen LogP contribution in [0.3, 0.4) is 0 Å². The molecule has 0 saturated heterocycles. The maximum atomic E-state index is 13.2. The van der Waals surface area contributed by atoms with E-state index in [2.05, 4.69) is 17.2 Å². The third-order valence-corrected chi connectivity index (χ3v) is 7.16. The summed E-state index contributed by atoms with van der Waals surface area (Å²) in [6.07, 6.45) is 1.99. The molecule has 0 fully saturated rings. The van der Waals surface area contributed by atoms with Gasteiger partial charge < -0.3 is 16.4 Å². The monoisotopic (exact) mass is 570 g/mol. The number of amidine groups is 1. The van der Waals surface area contributed by atoms with Crippen molar-refractivity contribution in [3.63, 3.8) is 0 Å². The minimum absolute atomic E-state index is 0.119. The van der Waals surface area contributed by atoms with Crippen molar-refractivity contribution in [2.45, 2.75) is 12.3 Å². The largest absolute Gasteiger partial charge is 0.330 e. The maximum absolute atomic E-state index is 13.2. The van der Waals surface area contributed by atoms with Crippen LogP contribution in [-0.4, -0.2) is 24.2 Å².